The second-order valence-corrected chi connectivity index (χ2v) is 7.22. The van der Waals surface area contributed by atoms with Crippen LogP contribution in [0.25, 0.3) is 0 Å². The number of methoxy groups -OCH3 is 1. The van der Waals surface area contributed by atoms with Crippen LogP contribution in [0.3, 0.4) is 0 Å². The first-order valence-electron chi connectivity index (χ1n) is 7.77. The van der Waals surface area contributed by atoms with E-state index < -0.39 is 0 Å². The molecular formula is C16H19Cl2N3O2S. The van der Waals surface area contributed by atoms with E-state index in [9.17, 15) is 0 Å². The van der Waals surface area contributed by atoms with Crippen LogP contribution in [0.4, 0.5) is 5.13 Å². The number of hydrogen-bond donors (Lipinski definition) is 0. The van der Waals surface area contributed by atoms with Crippen LogP contribution in [-0.4, -0.2) is 35.7 Å². The zero-order valence-electron chi connectivity index (χ0n) is 13.4. The Labute approximate surface area is 155 Å². The monoisotopic (exact) mass is 387 g/mol. The van der Waals surface area contributed by atoms with Gasteiger partial charge in [0, 0.05) is 31.7 Å². The van der Waals surface area contributed by atoms with Gasteiger partial charge in [0.05, 0.1) is 22.8 Å². The number of ether oxygens (including phenoxy) is 2. The molecule has 1 aromatic heterocycles. The maximum Gasteiger partial charge on any atom is 0.205 e. The van der Waals surface area contributed by atoms with Crippen LogP contribution >= 0.6 is 34.7 Å². The van der Waals surface area contributed by atoms with Gasteiger partial charge in [-0.1, -0.05) is 29.3 Å². The summed E-state index contributed by atoms with van der Waals surface area (Å²) in [6, 6.07) is 5.61. The molecule has 2 aromatic rings. The van der Waals surface area contributed by atoms with Gasteiger partial charge in [-0.15, -0.1) is 0 Å². The minimum Gasteiger partial charge on any atom is -0.377 e. The fourth-order valence-corrected chi connectivity index (χ4v) is 3.66. The largest absolute Gasteiger partial charge is 0.377 e. The SMILES string of the molecule is COCc1nsc(N2CCC(OCc3ccc(Cl)c(Cl)c3)CC2)n1. The van der Waals surface area contributed by atoms with Gasteiger partial charge < -0.3 is 14.4 Å². The maximum absolute atomic E-state index is 6.03. The lowest BCUT2D eigenvalue weighted by atomic mass is 10.1. The van der Waals surface area contributed by atoms with Crippen molar-refractivity contribution in [2.45, 2.75) is 32.2 Å². The number of halogens is 2. The van der Waals surface area contributed by atoms with Gasteiger partial charge in [0.15, 0.2) is 5.82 Å². The molecule has 24 heavy (non-hydrogen) atoms. The molecule has 0 bridgehead atoms. The highest BCUT2D eigenvalue weighted by Crippen LogP contribution is 2.25. The lowest BCUT2D eigenvalue weighted by Gasteiger charge is -2.31. The summed E-state index contributed by atoms with van der Waals surface area (Å²) in [5.74, 6) is 0.746. The molecule has 0 amide bonds. The molecule has 1 aliphatic heterocycles. The Morgan fingerprint density at radius 1 is 1.21 bits per heavy atom. The second-order valence-electron chi connectivity index (χ2n) is 5.67. The smallest absolute Gasteiger partial charge is 0.205 e. The first kappa shape index (κ1) is 17.9. The molecule has 1 fully saturated rings. The summed E-state index contributed by atoms with van der Waals surface area (Å²) in [4.78, 5) is 6.76. The van der Waals surface area contributed by atoms with E-state index in [-0.39, 0.29) is 6.10 Å². The van der Waals surface area contributed by atoms with E-state index >= 15 is 0 Å². The third kappa shape index (κ3) is 4.58. The van der Waals surface area contributed by atoms with E-state index in [1.54, 1.807) is 13.2 Å². The molecule has 5 nitrogen and oxygen atoms in total. The first-order valence-corrected chi connectivity index (χ1v) is 9.30. The number of nitrogens with zero attached hydrogens (tertiary/aromatic N) is 3. The maximum atomic E-state index is 6.03. The predicted octanol–water partition coefficient (Wildman–Crippen LogP) is 4.18. The highest BCUT2D eigenvalue weighted by Gasteiger charge is 2.22. The van der Waals surface area contributed by atoms with Crippen molar-refractivity contribution in [1.29, 1.82) is 0 Å². The molecule has 8 heteroatoms. The van der Waals surface area contributed by atoms with Gasteiger partial charge in [0.2, 0.25) is 5.13 Å². The molecule has 0 unspecified atom stereocenters. The van der Waals surface area contributed by atoms with Gasteiger partial charge in [-0.3, -0.25) is 0 Å². The third-order valence-electron chi connectivity index (χ3n) is 3.91. The van der Waals surface area contributed by atoms with Crippen molar-refractivity contribution in [3.63, 3.8) is 0 Å². The Morgan fingerprint density at radius 2 is 2.00 bits per heavy atom. The molecule has 1 aliphatic rings. The van der Waals surface area contributed by atoms with Gasteiger partial charge >= 0.3 is 0 Å². The Balaban J connectivity index is 1.47. The number of anilines is 1. The van der Waals surface area contributed by atoms with Crippen molar-refractivity contribution in [3.05, 3.63) is 39.6 Å². The molecular weight excluding hydrogens is 369 g/mol. The highest BCUT2D eigenvalue weighted by molar-refractivity contribution is 7.09. The molecule has 0 spiro atoms. The highest BCUT2D eigenvalue weighted by atomic mass is 35.5. The van der Waals surface area contributed by atoms with Crippen LogP contribution in [-0.2, 0) is 22.7 Å². The number of benzene rings is 1. The Hall–Kier alpha value is -0.920. The molecule has 3 rings (SSSR count). The van der Waals surface area contributed by atoms with Crippen LogP contribution < -0.4 is 4.90 Å². The molecule has 0 saturated carbocycles. The molecule has 0 aliphatic carbocycles. The summed E-state index contributed by atoms with van der Waals surface area (Å²) < 4.78 is 15.4. The minimum absolute atomic E-state index is 0.252. The Morgan fingerprint density at radius 3 is 2.71 bits per heavy atom. The molecule has 1 saturated heterocycles. The van der Waals surface area contributed by atoms with Gasteiger partial charge in [0.1, 0.15) is 6.61 Å². The van der Waals surface area contributed by atoms with Crippen molar-refractivity contribution in [2.75, 3.05) is 25.1 Å². The van der Waals surface area contributed by atoms with Crippen LogP contribution in [0.5, 0.6) is 0 Å². The van der Waals surface area contributed by atoms with Crippen LogP contribution in [0.2, 0.25) is 10.0 Å². The third-order valence-corrected chi connectivity index (χ3v) is 5.47. The number of rotatable bonds is 6. The number of piperidine rings is 1. The van der Waals surface area contributed by atoms with E-state index in [0.29, 0.717) is 23.3 Å². The van der Waals surface area contributed by atoms with Gasteiger partial charge in [-0.05, 0) is 30.5 Å². The summed E-state index contributed by atoms with van der Waals surface area (Å²) in [6.07, 6.45) is 2.20. The number of hydrogen-bond acceptors (Lipinski definition) is 6. The topological polar surface area (TPSA) is 47.5 Å². The van der Waals surface area contributed by atoms with E-state index in [4.69, 9.17) is 32.7 Å². The normalized spacial score (nSPS) is 15.9. The Bertz CT molecular complexity index is 675. The van der Waals surface area contributed by atoms with Crippen molar-refractivity contribution in [2.24, 2.45) is 0 Å². The lowest BCUT2D eigenvalue weighted by Crippen LogP contribution is -2.37. The van der Waals surface area contributed by atoms with E-state index in [1.165, 1.54) is 11.5 Å². The van der Waals surface area contributed by atoms with Crippen LogP contribution in [0, 0.1) is 0 Å². The molecule has 2 heterocycles. The standard InChI is InChI=1S/C16H19Cl2N3O2S/c1-22-10-15-19-16(24-20-15)21-6-4-12(5-7-21)23-9-11-2-3-13(17)14(18)8-11/h2-3,8,12H,4-7,9-10H2,1H3. The van der Waals surface area contributed by atoms with Crippen LogP contribution in [0.15, 0.2) is 18.2 Å². The van der Waals surface area contributed by atoms with Crippen molar-refractivity contribution < 1.29 is 9.47 Å². The second kappa shape index (κ2) is 8.45. The summed E-state index contributed by atoms with van der Waals surface area (Å²) >= 11 is 13.4. The molecule has 0 atom stereocenters. The fourth-order valence-electron chi connectivity index (χ4n) is 2.62. The van der Waals surface area contributed by atoms with Gasteiger partial charge in [0.25, 0.3) is 0 Å². The summed E-state index contributed by atoms with van der Waals surface area (Å²) in [6.45, 7) is 2.86. The molecule has 0 N–H and O–H groups in total. The van der Waals surface area contributed by atoms with Crippen molar-refractivity contribution in [3.8, 4) is 0 Å². The summed E-state index contributed by atoms with van der Waals surface area (Å²) in [5.41, 5.74) is 1.04. The summed E-state index contributed by atoms with van der Waals surface area (Å²) in [7, 11) is 1.65. The predicted molar refractivity (Wildman–Crippen MR) is 97.1 cm³/mol. The quantitative estimate of drug-likeness (QED) is 0.743. The lowest BCUT2D eigenvalue weighted by molar-refractivity contribution is 0.0251. The Kier molecular flexibility index (Phi) is 6.30. The van der Waals surface area contributed by atoms with E-state index in [2.05, 4.69) is 14.3 Å². The number of aromatic nitrogens is 2. The summed E-state index contributed by atoms with van der Waals surface area (Å²) in [5, 5.41) is 2.10. The van der Waals surface area contributed by atoms with Crippen molar-refractivity contribution >= 4 is 39.9 Å². The average molecular weight is 388 g/mol. The van der Waals surface area contributed by atoms with E-state index in [1.807, 2.05) is 12.1 Å². The molecule has 1 aromatic carbocycles. The first-order chi connectivity index (χ1) is 11.7. The average Bonchev–Trinajstić information content (AvgIpc) is 3.05. The van der Waals surface area contributed by atoms with Crippen LogP contribution in [0.1, 0.15) is 24.2 Å². The fraction of sp³-hybridized carbons (Fsp3) is 0.500. The van der Waals surface area contributed by atoms with E-state index in [0.717, 1.165) is 42.5 Å². The van der Waals surface area contributed by atoms with Gasteiger partial charge in [-0.25, -0.2) is 4.98 Å². The minimum atomic E-state index is 0.252. The zero-order chi connectivity index (χ0) is 16.9. The zero-order valence-corrected chi connectivity index (χ0v) is 15.7. The molecule has 0 radical (unpaired) electrons. The van der Waals surface area contributed by atoms with Crippen molar-refractivity contribution in [1.82, 2.24) is 9.36 Å². The molecule has 130 valence electrons. The van der Waals surface area contributed by atoms with Gasteiger partial charge in [-0.2, -0.15) is 4.37 Å².